The van der Waals surface area contributed by atoms with Crippen LogP contribution in [0.5, 0.6) is 0 Å². The van der Waals surface area contributed by atoms with Crippen LogP contribution < -0.4 is 0 Å². The highest BCUT2D eigenvalue weighted by molar-refractivity contribution is 7.99. The Kier molecular flexibility index (Phi) is 6.30. The van der Waals surface area contributed by atoms with Crippen LogP contribution in [0, 0.1) is 0 Å². The fraction of sp³-hybridized carbons (Fsp3) is 0.455. The van der Waals surface area contributed by atoms with Crippen LogP contribution in [0.25, 0.3) is 10.2 Å². The number of ether oxygens (including phenoxy) is 1. The molecule has 3 aromatic rings. The lowest BCUT2D eigenvalue weighted by molar-refractivity contribution is -0.0543. The van der Waals surface area contributed by atoms with Crippen molar-refractivity contribution in [2.75, 3.05) is 5.75 Å². The van der Waals surface area contributed by atoms with Gasteiger partial charge in [-0.25, -0.2) is 9.97 Å². The maximum absolute atomic E-state index is 6.19. The zero-order valence-corrected chi connectivity index (χ0v) is 19.1. The SMILES string of the molecule is CCCSc1nc(SCc2ccccc2)c2c3c(sc2n1)CO[C@@](C)(CC)C3. The van der Waals surface area contributed by atoms with Gasteiger partial charge in [0.05, 0.1) is 12.2 Å². The number of nitrogens with zero attached hydrogens (tertiary/aromatic N) is 2. The Morgan fingerprint density at radius 2 is 1.96 bits per heavy atom. The lowest BCUT2D eigenvalue weighted by Gasteiger charge is -2.33. The van der Waals surface area contributed by atoms with Crippen molar-refractivity contribution in [1.82, 2.24) is 9.97 Å². The summed E-state index contributed by atoms with van der Waals surface area (Å²) in [5.74, 6) is 1.98. The smallest absolute Gasteiger partial charge is 0.190 e. The van der Waals surface area contributed by atoms with E-state index >= 15 is 0 Å². The fourth-order valence-corrected chi connectivity index (χ4v) is 6.33. The van der Waals surface area contributed by atoms with E-state index in [4.69, 9.17) is 14.7 Å². The second-order valence-electron chi connectivity index (χ2n) is 7.39. The van der Waals surface area contributed by atoms with Gasteiger partial charge in [-0.2, -0.15) is 0 Å². The molecule has 0 aliphatic carbocycles. The normalized spacial score (nSPS) is 19.1. The van der Waals surface area contributed by atoms with E-state index in [-0.39, 0.29) is 5.60 Å². The van der Waals surface area contributed by atoms with Crippen LogP contribution in [-0.2, 0) is 23.5 Å². The highest BCUT2D eigenvalue weighted by atomic mass is 32.2. The lowest BCUT2D eigenvalue weighted by atomic mass is 9.90. The summed E-state index contributed by atoms with van der Waals surface area (Å²) in [6.45, 7) is 7.33. The van der Waals surface area contributed by atoms with Crippen LogP contribution in [0.3, 0.4) is 0 Å². The maximum Gasteiger partial charge on any atom is 0.190 e. The van der Waals surface area contributed by atoms with E-state index in [1.807, 2.05) is 11.8 Å². The van der Waals surface area contributed by atoms with Crippen molar-refractivity contribution < 1.29 is 4.74 Å². The lowest BCUT2D eigenvalue weighted by Crippen LogP contribution is -2.33. The molecule has 28 heavy (non-hydrogen) atoms. The van der Waals surface area contributed by atoms with Gasteiger partial charge in [0.2, 0.25) is 0 Å². The van der Waals surface area contributed by atoms with Gasteiger partial charge in [0.15, 0.2) is 5.16 Å². The first-order valence-corrected chi connectivity index (χ1v) is 12.7. The van der Waals surface area contributed by atoms with Gasteiger partial charge in [0.1, 0.15) is 9.86 Å². The van der Waals surface area contributed by atoms with Crippen molar-refractivity contribution in [3.63, 3.8) is 0 Å². The third kappa shape index (κ3) is 4.25. The highest BCUT2D eigenvalue weighted by Gasteiger charge is 2.33. The van der Waals surface area contributed by atoms with E-state index in [0.717, 1.165) is 45.8 Å². The first kappa shape index (κ1) is 20.2. The summed E-state index contributed by atoms with van der Waals surface area (Å²) in [5.41, 5.74) is 2.66. The number of hydrogen-bond donors (Lipinski definition) is 0. The summed E-state index contributed by atoms with van der Waals surface area (Å²) in [7, 11) is 0. The molecule has 0 N–H and O–H groups in total. The van der Waals surface area contributed by atoms with Crippen LogP contribution in [0.4, 0.5) is 0 Å². The molecule has 3 heterocycles. The quantitative estimate of drug-likeness (QED) is 0.236. The molecule has 0 bridgehead atoms. The first-order chi connectivity index (χ1) is 13.6. The van der Waals surface area contributed by atoms with Gasteiger partial charge in [-0.1, -0.05) is 55.9 Å². The molecular weight excluding hydrogens is 404 g/mol. The van der Waals surface area contributed by atoms with Crippen molar-refractivity contribution in [3.8, 4) is 0 Å². The molecule has 0 unspecified atom stereocenters. The molecule has 0 amide bonds. The molecule has 6 heteroatoms. The number of hydrogen-bond acceptors (Lipinski definition) is 6. The summed E-state index contributed by atoms with van der Waals surface area (Å²) >= 11 is 5.39. The van der Waals surface area contributed by atoms with E-state index in [0.29, 0.717) is 6.61 Å². The van der Waals surface area contributed by atoms with Crippen molar-refractivity contribution in [2.45, 2.75) is 68.2 Å². The molecule has 4 rings (SSSR count). The van der Waals surface area contributed by atoms with Gasteiger partial charge in [-0.15, -0.1) is 23.1 Å². The number of aromatic nitrogens is 2. The third-order valence-electron chi connectivity index (χ3n) is 5.18. The van der Waals surface area contributed by atoms with Crippen LogP contribution in [-0.4, -0.2) is 21.3 Å². The van der Waals surface area contributed by atoms with E-state index in [1.54, 1.807) is 23.1 Å². The molecule has 0 saturated heterocycles. The van der Waals surface area contributed by atoms with E-state index < -0.39 is 0 Å². The standard InChI is InChI=1S/C22H26N2OS3/c1-4-11-26-21-23-19(27-14-15-9-7-6-8-10-15)18-16-12-22(3,5-2)25-13-17(16)28-20(18)24-21/h6-10H,4-5,11-14H2,1-3H3/t22-/m0/s1. The Labute approximate surface area is 179 Å². The van der Waals surface area contributed by atoms with Gasteiger partial charge in [-0.05, 0) is 30.9 Å². The summed E-state index contributed by atoms with van der Waals surface area (Å²) in [6.07, 6.45) is 3.09. The van der Waals surface area contributed by atoms with Crippen LogP contribution in [0.2, 0.25) is 0 Å². The monoisotopic (exact) mass is 430 g/mol. The van der Waals surface area contributed by atoms with Gasteiger partial charge in [0.25, 0.3) is 0 Å². The Bertz CT molecular complexity index is 957. The average molecular weight is 431 g/mol. The molecule has 0 saturated carbocycles. The molecule has 148 valence electrons. The van der Waals surface area contributed by atoms with E-state index in [9.17, 15) is 0 Å². The predicted molar refractivity (Wildman–Crippen MR) is 122 cm³/mol. The fourth-order valence-electron chi connectivity index (χ4n) is 3.34. The second-order valence-corrected chi connectivity index (χ2v) is 10.5. The molecule has 1 aliphatic heterocycles. The minimum Gasteiger partial charge on any atom is -0.369 e. The van der Waals surface area contributed by atoms with E-state index in [2.05, 4.69) is 51.1 Å². The Balaban J connectivity index is 1.74. The molecule has 3 nitrogen and oxygen atoms in total. The number of thiophene rings is 1. The predicted octanol–water partition coefficient (Wildman–Crippen LogP) is 6.73. The Hall–Kier alpha value is -1.08. The van der Waals surface area contributed by atoms with Gasteiger partial charge >= 0.3 is 0 Å². The largest absolute Gasteiger partial charge is 0.369 e. The maximum atomic E-state index is 6.19. The minimum atomic E-state index is -0.0853. The van der Waals surface area contributed by atoms with Crippen LogP contribution in [0.15, 0.2) is 40.5 Å². The number of benzene rings is 1. The highest BCUT2D eigenvalue weighted by Crippen LogP contribution is 2.43. The van der Waals surface area contributed by atoms with Crippen LogP contribution >= 0.6 is 34.9 Å². The Morgan fingerprint density at radius 1 is 1.14 bits per heavy atom. The zero-order valence-electron chi connectivity index (χ0n) is 16.7. The van der Waals surface area contributed by atoms with Crippen molar-refractivity contribution >= 4 is 45.1 Å². The van der Waals surface area contributed by atoms with Gasteiger partial charge in [-0.3, -0.25) is 0 Å². The van der Waals surface area contributed by atoms with Crippen molar-refractivity contribution in [3.05, 3.63) is 46.3 Å². The Morgan fingerprint density at radius 3 is 2.71 bits per heavy atom. The topological polar surface area (TPSA) is 35.0 Å². The zero-order chi connectivity index (χ0) is 19.6. The third-order valence-corrected chi connectivity index (χ3v) is 8.38. The molecule has 1 aliphatic rings. The summed E-state index contributed by atoms with van der Waals surface area (Å²) in [5, 5.41) is 3.30. The molecule has 2 aromatic heterocycles. The molecule has 1 aromatic carbocycles. The number of fused-ring (bicyclic) bond motifs is 3. The van der Waals surface area contributed by atoms with Gasteiger partial charge < -0.3 is 4.74 Å². The number of rotatable bonds is 7. The number of thioether (sulfide) groups is 2. The molecule has 1 atom stereocenters. The first-order valence-electron chi connectivity index (χ1n) is 9.87. The molecular formula is C22H26N2OS3. The minimum absolute atomic E-state index is 0.0853. The van der Waals surface area contributed by atoms with Crippen LogP contribution in [0.1, 0.15) is 49.6 Å². The second kappa shape index (κ2) is 8.74. The molecule has 0 radical (unpaired) electrons. The summed E-state index contributed by atoms with van der Waals surface area (Å²) in [4.78, 5) is 12.3. The average Bonchev–Trinajstić information content (AvgIpc) is 3.08. The van der Waals surface area contributed by atoms with Crippen molar-refractivity contribution in [1.29, 1.82) is 0 Å². The summed E-state index contributed by atoms with van der Waals surface area (Å²) in [6, 6.07) is 10.6. The molecule has 0 fully saturated rings. The van der Waals surface area contributed by atoms with Crippen molar-refractivity contribution in [2.24, 2.45) is 0 Å². The summed E-state index contributed by atoms with van der Waals surface area (Å²) < 4.78 is 6.19. The van der Waals surface area contributed by atoms with E-state index in [1.165, 1.54) is 21.4 Å². The van der Waals surface area contributed by atoms with Gasteiger partial charge in [0, 0.05) is 28.2 Å². The molecule has 0 spiro atoms.